The lowest BCUT2D eigenvalue weighted by Crippen LogP contribution is -2.57. The SMILES string of the molecule is c1ccc(-c2ccc(-c3c4ccccc4c(-c4cc5c6c(c4)Oc4ccccc4B6c4ccccc4O5)c4ccccc34)cc2)cc1. The van der Waals surface area contributed by atoms with Gasteiger partial charge in [0.15, 0.2) is 0 Å². The van der Waals surface area contributed by atoms with E-state index in [0.717, 1.165) is 34.0 Å². The van der Waals surface area contributed by atoms with Crippen molar-refractivity contribution < 1.29 is 9.47 Å². The van der Waals surface area contributed by atoms with Gasteiger partial charge in [0.2, 0.25) is 0 Å². The molecule has 0 aliphatic carbocycles. The zero-order valence-corrected chi connectivity index (χ0v) is 25.5. The molecule has 0 saturated heterocycles. The fraction of sp³-hybridized carbons (Fsp3) is 0. The molecule has 3 heteroatoms. The summed E-state index contributed by atoms with van der Waals surface area (Å²) in [6.07, 6.45) is 0. The number of fused-ring (bicyclic) bond motifs is 6. The minimum absolute atomic E-state index is 0.0543. The highest BCUT2D eigenvalue weighted by molar-refractivity contribution is 6.98. The molecule has 0 bridgehead atoms. The zero-order valence-electron chi connectivity index (χ0n) is 25.5. The molecule has 0 spiro atoms. The molecular formula is C44H27BO2. The molecule has 0 unspecified atom stereocenters. The lowest BCUT2D eigenvalue weighted by atomic mass is 9.35. The summed E-state index contributed by atoms with van der Waals surface area (Å²) in [4.78, 5) is 0. The van der Waals surface area contributed by atoms with Crippen molar-refractivity contribution in [2.45, 2.75) is 0 Å². The van der Waals surface area contributed by atoms with E-state index in [2.05, 4.69) is 152 Å². The second-order valence-electron chi connectivity index (χ2n) is 12.4. The average Bonchev–Trinajstić information content (AvgIpc) is 3.14. The summed E-state index contributed by atoms with van der Waals surface area (Å²) in [5, 5.41) is 4.83. The van der Waals surface area contributed by atoms with E-state index in [0.29, 0.717) is 0 Å². The fourth-order valence-electron chi connectivity index (χ4n) is 7.75. The van der Waals surface area contributed by atoms with Gasteiger partial charge in [-0.1, -0.05) is 140 Å². The predicted octanol–water partition coefficient (Wildman–Crippen LogP) is 9.72. The molecule has 0 atom stereocenters. The first-order valence-corrected chi connectivity index (χ1v) is 16.1. The highest BCUT2D eigenvalue weighted by Gasteiger charge is 2.40. The monoisotopic (exact) mass is 598 g/mol. The van der Waals surface area contributed by atoms with Crippen LogP contribution in [0.2, 0.25) is 0 Å². The standard InChI is InChI=1S/C44H27BO2/c1-2-12-28(13-3-1)29-22-24-30(25-23-29)42-32-14-4-6-16-34(32)43(35-17-7-5-15-33(35)42)31-26-40-44-41(27-31)47-39-21-11-9-19-37(39)45(44)36-18-8-10-20-38(36)46-40/h1-27H. The third-order valence-corrected chi connectivity index (χ3v) is 9.79. The molecule has 0 saturated carbocycles. The molecule has 0 fully saturated rings. The lowest BCUT2D eigenvalue weighted by molar-refractivity contribution is 0.465. The van der Waals surface area contributed by atoms with Crippen LogP contribution in [0.15, 0.2) is 164 Å². The van der Waals surface area contributed by atoms with E-state index in [-0.39, 0.29) is 6.71 Å². The molecular weight excluding hydrogens is 571 g/mol. The van der Waals surface area contributed by atoms with Gasteiger partial charge in [0, 0.05) is 5.46 Å². The Hall–Kier alpha value is -6.06. The largest absolute Gasteiger partial charge is 0.458 e. The second-order valence-corrected chi connectivity index (χ2v) is 12.4. The van der Waals surface area contributed by atoms with Gasteiger partial charge in [0.05, 0.1) is 0 Å². The number of hydrogen-bond acceptors (Lipinski definition) is 2. The molecule has 0 aromatic heterocycles. The summed E-state index contributed by atoms with van der Waals surface area (Å²) in [6, 6.07) is 58.3. The zero-order chi connectivity index (χ0) is 30.9. The van der Waals surface area contributed by atoms with Gasteiger partial charge in [-0.2, -0.15) is 0 Å². The van der Waals surface area contributed by atoms with Crippen LogP contribution in [-0.4, -0.2) is 6.71 Å². The third kappa shape index (κ3) is 4.00. The van der Waals surface area contributed by atoms with Gasteiger partial charge in [-0.05, 0) is 90.1 Å². The Balaban J connectivity index is 1.21. The molecule has 2 aliphatic heterocycles. The Labute approximate surface area is 273 Å². The van der Waals surface area contributed by atoms with Crippen LogP contribution >= 0.6 is 0 Å². The van der Waals surface area contributed by atoms with E-state index in [4.69, 9.17) is 9.47 Å². The van der Waals surface area contributed by atoms with E-state index in [1.165, 1.54) is 60.3 Å². The molecule has 218 valence electrons. The highest BCUT2D eigenvalue weighted by Crippen LogP contribution is 2.46. The van der Waals surface area contributed by atoms with Crippen molar-refractivity contribution in [2.24, 2.45) is 0 Å². The maximum absolute atomic E-state index is 6.69. The van der Waals surface area contributed by atoms with E-state index in [1.807, 2.05) is 12.1 Å². The van der Waals surface area contributed by atoms with Crippen molar-refractivity contribution in [1.29, 1.82) is 0 Å². The van der Waals surface area contributed by atoms with Crippen LogP contribution in [-0.2, 0) is 0 Å². The first-order chi connectivity index (χ1) is 23.3. The van der Waals surface area contributed by atoms with Crippen molar-refractivity contribution in [2.75, 3.05) is 0 Å². The van der Waals surface area contributed by atoms with Crippen LogP contribution in [0.25, 0.3) is 54.9 Å². The van der Waals surface area contributed by atoms with Gasteiger partial charge in [-0.15, -0.1) is 0 Å². The average molecular weight is 599 g/mol. The number of benzene rings is 8. The van der Waals surface area contributed by atoms with Crippen LogP contribution in [0.1, 0.15) is 0 Å². The van der Waals surface area contributed by atoms with Gasteiger partial charge >= 0.3 is 0 Å². The minimum atomic E-state index is 0.0543. The maximum Gasteiger partial charge on any atom is 0.260 e. The predicted molar refractivity (Wildman–Crippen MR) is 195 cm³/mol. The van der Waals surface area contributed by atoms with E-state index in [9.17, 15) is 0 Å². The number of rotatable bonds is 3. The Kier molecular flexibility index (Phi) is 5.70. The molecule has 8 aromatic carbocycles. The highest BCUT2D eigenvalue weighted by atomic mass is 16.5. The molecule has 2 nitrogen and oxygen atoms in total. The van der Waals surface area contributed by atoms with Gasteiger partial charge in [-0.25, -0.2) is 0 Å². The van der Waals surface area contributed by atoms with Crippen LogP contribution < -0.4 is 25.9 Å². The molecule has 8 aromatic rings. The van der Waals surface area contributed by atoms with Crippen LogP contribution in [0.5, 0.6) is 23.0 Å². The van der Waals surface area contributed by atoms with E-state index in [1.54, 1.807) is 0 Å². The van der Waals surface area contributed by atoms with Crippen molar-refractivity contribution in [3.63, 3.8) is 0 Å². The molecule has 0 amide bonds. The summed E-state index contributed by atoms with van der Waals surface area (Å²) in [5.41, 5.74) is 10.6. The van der Waals surface area contributed by atoms with Crippen LogP contribution in [0.4, 0.5) is 0 Å². The molecule has 2 aliphatic rings. The van der Waals surface area contributed by atoms with Crippen LogP contribution in [0.3, 0.4) is 0 Å². The fourth-order valence-corrected chi connectivity index (χ4v) is 7.75. The molecule has 2 heterocycles. The van der Waals surface area contributed by atoms with Gasteiger partial charge < -0.3 is 9.47 Å². The first kappa shape index (κ1) is 26.2. The topological polar surface area (TPSA) is 18.5 Å². The Morgan fingerprint density at radius 1 is 0.319 bits per heavy atom. The minimum Gasteiger partial charge on any atom is -0.458 e. The van der Waals surface area contributed by atoms with Crippen molar-refractivity contribution in [3.8, 4) is 56.4 Å². The summed E-state index contributed by atoms with van der Waals surface area (Å²) in [5.74, 6) is 3.50. The quantitative estimate of drug-likeness (QED) is 0.149. The number of hydrogen-bond donors (Lipinski definition) is 0. The molecule has 10 rings (SSSR count). The lowest BCUT2D eigenvalue weighted by Gasteiger charge is -2.33. The Bertz CT molecular complexity index is 2390. The maximum atomic E-state index is 6.69. The summed E-state index contributed by atoms with van der Waals surface area (Å²) in [6.45, 7) is 0.0543. The third-order valence-electron chi connectivity index (χ3n) is 9.79. The summed E-state index contributed by atoms with van der Waals surface area (Å²) >= 11 is 0. The van der Waals surface area contributed by atoms with Crippen LogP contribution in [0, 0.1) is 0 Å². The molecule has 0 N–H and O–H groups in total. The normalized spacial score (nSPS) is 12.6. The Morgan fingerprint density at radius 3 is 1.26 bits per heavy atom. The van der Waals surface area contributed by atoms with Crippen molar-refractivity contribution >= 4 is 44.6 Å². The van der Waals surface area contributed by atoms with Gasteiger partial charge in [0.1, 0.15) is 23.0 Å². The van der Waals surface area contributed by atoms with E-state index < -0.39 is 0 Å². The second kappa shape index (κ2) is 10.2. The van der Waals surface area contributed by atoms with Gasteiger partial charge in [0.25, 0.3) is 6.71 Å². The number of ether oxygens (including phenoxy) is 2. The summed E-state index contributed by atoms with van der Waals surface area (Å²) in [7, 11) is 0. The van der Waals surface area contributed by atoms with Gasteiger partial charge in [-0.3, -0.25) is 0 Å². The molecule has 47 heavy (non-hydrogen) atoms. The summed E-state index contributed by atoms with van der Waals surface area (Å²) < 4.78 is 13.4. The van der Waals surface area contributed by atoms with Crippen molar-refractivity contribution in [3.05, 3.63) is 164 Å². The van der Waals surface area contributed by atoms with Crippen molar-refractivity contribution in [1.82, 2.24) is 0 Å². The van der Waals surface area contributed by atoms with E-state index >= 15 is 0 Å². The first-order valence-electron chi connectivity index (χ1n) is 16.1. The number of para-hydroxylation sites is 2. The Morgan fingerprint density at radius 2 is 0.723 bits per heavy atom. The molecule has 0 radical (unpaired) electrons. The smallest absolute Gasteiger partial charge is 0.260 e.